The van der Waals surface area contributed by atoms with Gasteiger partial charge >= 0.3 is 12.5 Å². The lowest BCUT2D eigenvalue weighted by Gasteiger charge is -2.43. The predicted molar refractivity (Wildman–Crippen MR) is 112 cm³/mol. The van der Waals surface area contributed by atoms with E-state index in [1.165, 1.54) is 12.2 Å². The molecular weight excluding hydrogens is 464 g/mol. The molecule has 2 N–H and O–H groups in total. The molecule has 2 aliphatic heterocycles. The van der Waals surface area contributed by atoms with Gasteiger partial charge in [-0.15, -0.1) is 13.2 Å². The first-order chi connectivity index (χ1) is 16.0. The van der Waals surface area contributed by atoms with Crippen molar-refractivity contribution in [1.29, 1.82) is 0 Å². The third-order valence-electron chi connectivity index (χ3n) is 5.73. The van der Waals surface area contributed by atoms with Gasteiger partial charge in [-0.3, -0.25) is 4.79 Å². The molecule has 0 radical (unpaired) electrons. The van der Waals surface area contributed by atoms with Gasteiger partial charge in [-0.25, -0.2) is 0 Å². The van der Waals surface area contributed by atoms with Crippen molar-refractivity contribution in [1.82, 2.24) is 15.5 Å². The number of allylic oxidation sites excluding steroid dienone is 3. The van der Waals surface area contributed by atoms with Crippen LogP contribution in [0.5, 0.6) is 5.75 Å². The average molecular weight is 487 g/mol. The van der Waals surface area contributed by atoms with Crippen molar-refractivity contribution >= 4 is 5.91 Å². The van der Waals surface area contributed by atoms with Crippen LogP contribution in [-0.4, -0.2) is 48.5 Å². The maximum atomic E-state index is 14.5. The molecule has 11 heteroatoms. The van der Waals surface area contributed by atoms with E-state index in [4.69, 9.17) is 0 Å². The first kappa shape index (κ1) is 24.2. The third-order valence-corrected chi connectivity index (χ3v) is 5.73. The van der Waals surface area contributed by atoms with Gasteiger partial charge in [0, 0.05) is 18.3 Å². The SMILES string of the molecule is O=C(NC1CC1)C1C=CC=C(C2=CCNCC2)N1C(c1ccc(OC(F)(F)F)cc1)C(F)(F)F. The number of benzene rings is 1. The fraction of sp³-hybridized carbons (Fsp3) is 0.435. The summed E-state index contributed by atoms with van der Waals surface area (Å²) in [5, 5.41) is 5.87. The van der Waals surface area contributed by atoms with Crippen molar-refractivity contribution < 1.29 is 35.9 Å². The van der Waals surface area contributed by atoms with Gasteiger partial charge in [-0.1, -0.05) is 30.4 Å². The Balaban J connectivity index is 1.74. The number of ether oxygens (including phenoxy) is 1. The van der Waals surface area contributed by atoms with Crippen molar-refractivity contribution in [2.45, 2.75) is 49.9 Å². The van der Waals surface area contributed by atoms with E-state index in [0.717, 1.165) is 42.0 Å². The van der Waals surface area contributed by atoms with Crippen molar-refractivity contribution in [3.05, 3.63) is 65.4 Å². The van der Waals surface area contributed by atoms with Crippen LogP contribution in [0.1, 0.15) is 30.9 Å². The Bertz CT molecular complexity index is 993. The number of rotatable bonds is 6. The van der Waals surface area contributed by atoms with E-state index in [1.54, 1.807) is 12.2 Å². The van der Waals surface area contributed by atoms with Gasteiger partial charge in [-0.2, -0.15) is 13.2 Å². The van der Waals surface area contributed by atoms with Crippen LogP contribution in [0.25, 0.3) is 0 Å². The number of carbonyl (C=O) groups is 1. The van der Waals surface area contributed by atoms with Crippen LogP contribution < -0.4 is 15.4 Å². The van der Waals surface area contributed by atoms with E-state index in [2.05, 4.69) is 15.4 Å². The van der Waals surface area contributed by atoms with Crippen molar-refractivity contribution in [3.63, 3.8) is 0 Å². The largest absolute Gasteiger partial charge is 0.573 e. The first-order valence-corrected chi connectivity index (χ1v) is 10.8. The van der Waals surface area contributed by atoms with Crippen LogP contribution in [0.15, 0.2) is 59.8 Å². The molecule has 34 heavy (non-hydrogen) atoms. The maximum absolute atomic E-state index is 14.5. The molecule has 1 aliphatic carbocycles. The zero-order valence-electron chi connectivity index (χ0n) is 17.9. The Morgan fingerprint density at radius 1 is 1.12 bits per heavy atom. The average Bonchev–Trinajstić information content (AvgIpc) is 3.58. The second kappa shape index (κ2) is 9.36. The Hall–Kier alpha value is -2.95. The van der Waals surface area contributed by atoms with Crippen molar-refractivity contribution in [2.75, 3.05) is 13.1 Å². The molecule has 1 saturated carbocycles. The van der Waals surface area contributed by atoms with E-state index in [1.807, 2.05) is 0 Å². The quantitative estimate of drug-likeness (QED) is 0.580. The third kappa shape index (κ3) is 5.75. The molecule has 1 amide bonds. The molecule has 1 aromatic carbocycles. The fourth-order valence-electron chi connectivity index (χ4n) is 4.10. The first-order valence-electron chi connectivity index (χ1n) is 10.8. The summed E-state index contributed by atoms with van der Waals surface area (Å²) in [5.41, 5.74) is 0.624. The summed E-state index contributed by atoms with van der Waals surface area (Å²) in [6.45, 7) is 1.04. The van der Waals surface area contributed by atoms with Crippen LogP contribution >= 0.6 is 0 Å². The van der Waals surface area contributed by atoms with Crippen LogP contribution in [-0.2, 0) is 4.79 Å². The van der Waals surface area contributed by atoms with Crippen LogP contribution in [0.2, 0.25) is 0 Å². The number of carbonyl (C=O) groups excluding carboxylic acids is 1. The predicted octanol–water partition coefficient (Wildman–Crippen LogP) is 4.51. The second-order valence-corrected chi connectivity index (χ2v) is 8.32. The molecule has 4 rings (SSSR count). The molecule has 2 heterocycles. The van der Waals surface area contributed by atoms with E-state index in [-0.39, 0.29) is 17.3 Å². The highest BCUT2D eigenvalue weighted by atomic mass is 19.4. The van der Waals surface area contributed by atoms with E-state index in [9.17, 15) is 31.1 Å². The van der Waals surface area contributed by atoms with Gasteiger partial charge < -0.3 is 20.3 Å². The molecule has 1 fully saturated rings. The zero-order chi connectivity index (χ0) is 24.5. The Kier molecular flexibility index (Phi) is 6.66. The van der Waals surface area contributed by atoms with E-state index >= 15 is 0 Å². The molecule has 2 atom stereocenters. The number of nitrogens with zero attached hydrogens (tertiary/aromatic N) is 1. The van der Waals surface area contributed by atoms with Gasteiger partial charge in [0.05, 0.1) is 0 Å². The van der Waals surface area contributed by atoms with E-state index < -0.39 is 36.3 Å². The van der Waals surface area contributed by atoms with Gasteiger partial charge in [0.2, 0.25) is 5.91 Å². The molecule has 2 unspecified atom stereocenters. The standard InChI is InChI=1S/C23H23F6N3O2/c24-22(25,26)20(15-4-8-17(9-5-15)34-23(27,28)29)32-18(14-10-12-30-13-11-14)2-1-3-19(32)21(33)31-16-6-7-16/h1-5,8-10,16,19-20,30H,6-7,11-13H2,(H,31,33). The number of halogens is 6. The second-order valence-electron chi connectivity index (χ2n) is 8.32. The van der Waals surface area contributed by atoms with Crippen molar-refractivity contribution in [3.8, 4) is 5.75 Å². The molecular formula is C23H23F6N3O2. The summed E-state index contributed by atoms with van der Waals surface area (Å²) in [7, 11) is 0. The molecule has 184 valence electrons. The molecule has 0 saturated heterocycles. The minimum atomic E-state index is -4.97. The molecule has 3 aliphatic rings. The van der Waals surface area contributed by atoms with Gasteiger partial charge in [0.1, 0.15) is 11.8 Å². The highest BCUT2D eigenvalue weighted by Gasteiger charge is 2.49. The number of amides is 1. The topological polar surface area (TPSA) is 53.6 Å². The highest BCUT2D eigenvalue weighted by molar-refractivity contribution is 5.85. The van der Waals surface area contributed by atoms with Crippen molar-refractivity contribution in [2.24, 2.45) is 0 Å². The lowest BCUT2D eigenvalue weighted by molar-refractivity contribution is -0.274. The molecule has 0 spiro atoms. The van der Waals surface area contributed by atoms with Crippen LogP contribution in [0, 0.1) is 0 Å². The fourth-order valence-corrected chi connectivity index (χ4v) is 4.10. The summed E-state index contributed by atoms with van der Waals surface area (Å²) in [5.74, 6) is -1.18. The monoisotopic (exact) mass is 487 g/mol. The number of hydrogen-bond acceptors (Lipinski definition) is 4. The van der Waals surface area contributed by atoms with Gasteiger partial charge in [0.15, 0.2) is 6.04 Å². The Morgan fingerprint density at radius 2 is 1.82 bits per heavy atom. The molecule has 5 nitrogen and oxygen atoms in total. The van der Waals surface area contributed by atoms with Crippen LogP contribution in [0.4, 0.5) is 26.3 Å². The summed E-state index contributed by atoms with van der Waals surface area (Å²) >= 11 is 0. The summed E-state index contributed by atoms with van der Waals surface area (Å²) in [6.07, 6.45) is -1.49. The molecule has 0 bridgehead atoms. The zero-order valence-corrected chi connectivity index (χ0v) is 17.9. The Labute approximate surface area is 192 Å². The smallest absolute Gasteiger partial charge is 0.406 e. The summed E-state index contributed by atoms with van der Waals surface area (Å²) < 4.78 is 85.0. The normalized spacial score (nSPS) is 22.1. The Morgan fingerprint density at radius 3 is 2.38 bits per heavy atom. The lowest BCUT2D eigenvalue weighted by Crippen LogP contribution is -2.52. The number of alkyl halides is 6. The van der Waals surface area contributed by atoms with E-state index in [0.29, 0.717) is 25.1 Å². The van der Waals surface area contributed by atoms with Gasteiger partial charge in [-0.05, 0) is 55.2 Å². The maximum Gasteiger partial charge on any atom is 0.573 e. The minimum absolute atomic E-state index is 0.0571. The summed E-state index contributed by atoms with van der Waals surface area (Å²) in [6, 6.07) is 0.00693. The summed E-state index contributed by atoms with van der Waals surface area (Å²) in [4.78, 5) is 14.0. The molecule has 0 aromatic heterocycles. The highest BCUT2D eigenvalue weighted by Crippen LogP contribution is 2.44. The number of hydrogen-bond donors (Lipinski definition) is 2. The minimum Gasteiger partial charge on any atom is -0.406 e. The molecule has 1 aromatic rings. The lowest BCUT2D eigenvalue weighted by atomic mass is 9.94. The van der Waals surface area contributed by atoms with Crippen LogP contribution in [0.3, 0.4) is 0 Å². The number of nitrogens with one attached hydrogen (secondary N) is 2. The van der Waals surface area contributed by atoms with Gasteiger partial charge in [0.25, 0.3) is 0 Å².